The number of ether oxygens (including phenoxy) is 1. The molecular weight excluding hydrogens is 282 g/mol. The molecule has 0 aromatic heterocycles. The van der Waals surface area contributed by atoms with Crippen molar-refractivity contribution in [3.8, 4) is 16.9 Å². The fraction of sp³-hybridized carbons (Fsp3) is 0.333. The maximum Gasteiger partial charge on any atom is 0.138 e. The van der Waals surface area contributed by atoms with Gasteiger partial charge in [-0.15, -0.1) is 0 Å². The number of halogens is 1. The predicted molar refractivity (Wildman–Crippen MR) is 90.1 cm³/mol. The topological polar surface area (TPSA) is 21.3 Å². The second-order valence-electron chi connectivity index (χ2n) is 5.10. The molecule has 1 atom stereocenters. The molecular formula is C18H22ClNO. The van der Waals surface area contributed by atoms with E-state index in [-0.39, 0.29) is 6.10 Å². The van der Waals surface area contributed by atoms with Crippen molar-refractivity contribution in [1.29, 1.82) is 0 Å². The highest BCUT2D eigenvalue weighted by Crippen LogP contribution is 2.31. The monoisotopic (exact) mass is 303 g/mol. The van der Waals surface area contributed by atoms with Gasteiger partial charge < -0.3 is 10.1 Å². The summed E-state index contributed by atoms with van der Waals surface area (Å²) < 4.78 is 6.02. The van der Waals surface area contributed by atoms with Crippen molar-refractivity contribution in [2.24, 2.45) is 0 Å². The maximum atomic E-state index is 6.38. The number of hydrogen-bond donors (Lipinski definition) is 1. The zero-order valence-electron chi connectivity index (χ0n) is 12.6. The van der Waals surface area contributed by atoms with Crippen LogP contribution in [0.3, 0.4) is 0 Å². The zero-order valence-corrected chi connectivity index (χ0v) is 13.4. The molecule has 2 aromatic carbocycles. The average molecular weight is 304 g/mol. The lowest BCUT2D eigenvalue weighted by molar-refractivity contribution is 0.189. The highest BCUT2D eigenvalue weighted by atomic mass is 35.5. The molecule has 1 N–H and O–H groups in total. The van der Waals surface area contributed by atoms with Gasteiger partial charge in [-0.05, 0) is 36.7 Å². The summed E-state index contributed by atoms with van der Waals surface area (Å²) in [5, 5.41) is 3.82. The van der Waals surface area contributed by atoms with Crippen LogP contribution in [0.5, 0.6) is 5.75 Å². The Labute approximate surface area is 132 Å². The van der Waals surface area contributed by atoms with Gasteiger partial charge in [0, 0.05) is 6.54 Å². The summed E-state index contributed by atoms with van der Waals surface area (Å²) in [6.07, 6.45) is 2.25. The second-order valence-corrected chi connectivity index (χ2v) is 5.50. The van der Waals surface area contributed by atoms with Crippen molar-refractivity contribution in [3.63, 3.8) is 0 Å². The fourth-order valence-electron chi connectivity index (χ4n) is 2.34. The Morgan fingerprint density at radius 2 is 1.86 bits per heavy atom. The lowest BCUT2D eigenvalue weighted by atomic mass is 10.1. The van der Waals surface area contributed by atoms with E-state index < -0.39 is 0 Å². The Balaban J connectivity index is 2.15. The molecule has 0 saturated carbocycles. The number of rotatable bonds is 7. The highest BCUT2D eigenvalue weighted by molar-refractivity contribution is 6.32. The van der Waals surface area contributed by atoms with Gasteiger partial charge in [0.15, 0.2) is 0 Å². The van der Waals surface area contributed by atoms with Crippen molar-refractivity contribution in [2.75, 3.05) is 13.6 Å². The smallest absolute Gasteiger partial charge is 0.138 e. The predicted octanol–water partition coefficient (Wildman–Crippen LogP) is 4.77. The van der Waals surface area contributed by atoms with Crippen molar-refractivity contribution < 1.29 is 4.74 Å². The molecule has 0 bridgehead atoms. The lowest BCUT2D eigenvalue weighted by Crippen LogP contribution is -2.29. The molecule has 21 heavy (non-hydrogen) atoms. The molecule has 2 nitrogen and oxygen atoms in total. The third-order valence-electron chi connectivity index (χ3n) is 3.38. The number of likely N-dealkylation sites (N-methyl/N-ethyl adjacent to an activating group) is 1. The van der Waals surface area contributed by atoms with Gasteiger partial charge >= 0.3 is 0 Å². The van der Waals surface area contributed by atoms with Crippen LogP contribution in [-0.4, -0.2) is 19.7 Å². The van der Waals surface area contributed by atoms with E-state index in [1.165, 1.54) is 0 Å². The van der Waals surface area contributed by atoms with Crippen LogP contribution in [0.1, 0.15) is 19.8 Å². The van der Waals surface area contributed by atoms with Crippen molar-refractivity contribution in [3.05, 3.63) is 53.6 Å². The van der Waals surface area contributed by atoms with Crippen molar-refractivity contribution in [1.82, 2.24) is 5.32 Å². The van der Waals surface area contributed by atoms with Gasteiger partial charge in [-0.3, -0.25) is 0 Å². The van der Waals surface area contributed by atoms with Crippen LogP contribution in [0.25, 0.3) is 11.1 Å². The van der Waals surface area contributed by atoms with Gasteiger partial charge in [-0.2, -0.15) is 0 Å². The molecule has 0 fully saturated rings. The van der Waals surface area contributed by atoms with Crippen LogP contribution in [0.2, 0.25) is 5.02 Å². The first kappa shape index (κ1) is 15.9. The highest BCUT2D eigenvalue weighted by Gasteiger charge is 2.11. The van der Waals surface area contributed by atoms with Gasteiger partial charge in [0.2, 0.25) is 0 Å². The minimum Gasteiger partial charge on any atom is -0.488 e. The first-order chi connectivity index (χ1) is 10.2. The van der Waals surface area contributed by atoms with Crippen LogP contribution < -0.4 is 10.1 Å². The number of hydrogen-bond acceptors (Lipinski definition) is 2. The average Bonchev–Trinajstić information content (AvgIpc) is 2.50. The summed E-state index contributed by atoms with van der Waals surface area (Å²) in [7, 11) is 1.94. The van der Waals surface area contributed by atoms with E-state index in [0.29, 0.717) is 5.02 Å². The third kappa shape index (κ3) is 4.48. The molecule has 112 valence electrons. The van der Waals surface area contributed by atoms with Crippen molar-refractivity contribution in [2.45, 2.75) is 25.9 Å². The van der Waals surface area contributed by atoms with E-state index in [1.807, 2.05) is 37.4 Å². The largest absolute Gasteiger partial charge is 0.488 e. The van der Waals surface area contributed by atoms with E-state index in [9.17, 15) is 0 Å². The van der Waals surface area contributed by atoms with Gasteiger partial charge in [-0.25, -0.2) is 0 Å². The Morgan fingerprint density at radius 1 is 1.10 bits per heavy atom. The molecule has 0 amide bonds. The molecule has 2 aromatic rings. The SMILES string of the molecule is CCCC(CNC)Oc1ccc(-c2ccccc2)cc1Cl. The lowest BCUT2D eigenvalue weighted by Gasteiger charge is -2.19. The number of benzene rings is 2. The summed E-state index contributed by atoms with van der Waals surface area (Å²) in [6.45, 7) is 2.98. The minimum absolute atomic E-state index is 0.153. The molecule has 1 unspecified atom stereocenters. The quantitative estimate of drug-likeness (QED) is 0.795. The van der Waals surface area contributed by atoms with Gasteiger partial charge in [0.25, 0.3) is 0 Å². The third-order valence-corrected chi connectivity index (χ3v) is 3.67. The maximum absolute atomic E-state index is 6.38. The van der Waals surface area contributed by atoms with Crippen LogP contribution in [0, 0.1) is 0 Å². The molecule has 2 rings (SSSR count). The second kappa shape index (κ2) is 8.06. The zero-order chi connectivity index (χ0) is 15.1. The molecule has 3 heteroatoms. The summed E-state index contributed by atoms with van der Waals surface area (Å²) >= 11 is 6.38. The van der Waals surface area contributed by atoms with E-state index in [1.54, 1.807) is 0 Å². The van der Waals surface area contributed by atoms with Crippen LogP contribution in [-0.2, 0) is 0 Å². The van der Waals surface area contributed by atoms with E-state index >= 15 is 0 Å². The first-order valence-electron chi connectivity index (χ1n) is 7.40. The summed E-state index contributed by atoms with van der Waals surface area (Å²) in [6, 6.07) is 16.2. The standard InChI is InChI=1S/C18H22ClNO/c1-3-7-16(13-20-2)21-18-11-10-15(12-17(18)19)14-8-5-4-6-9-14/h4-6,8-12,16,20H,3,7,13H2,1-2H3. The van der Waals surface area contributed by atoms with E-state index in [2.05, 4.69) is 30.4 Å². The molecule has 0 spiro atoms. The minimum atomic E-state index is 0.153. The Hall–Kier alpha value is -1.51. The molecule has 0 saturated heterocycles. The van der Waals surface area contributed by atoms with Crippen LogP contribution >= 0.6 is 11.6 Å². The van der Waals surface area contributed by atoms with Gasteiger partial charge in [-0.1, -0.05) is 61.3 Å². The fourth-order valence-corrected chi connectivity index (χ4v) is 2.56. The van der Waals surface area contributed by atoms with Gasteiger partial charge in [0.05, 0.1) is 5.02 Å². The van der Waals surface area contributed by atoms with E-state index in [4.69, 9.17) is 16.3 Å². The molecule has 0 aliphatic carbocycles. The number of nitrogens with one attached hydrogen (secondary N) is 1. The van der Waals surface area contributed by atoms with Crippen molar-refractivity contribution >= 4 is 11.6 Å². The summed E-state index contributed by atoms with van der Waals surface area (Å²) in [4.78, 5) is 0. The summed E-state index contributed by atoms with van der Waals surface area (Å²) in [5.41, 5.74) is 2.26. The molecule has 0 aliphatic heterocycles. The van der Waals surface area contributed by atoms with Crippen LogP contribution in [0.4, 0.5) is 0 Å². The molecule has 0 radical (unpaired) electrons. The van der Waals surface area contributed by atoms with Gasteiger partial charge in [0.1, 0.15) is 11.9 Å². The van der Waals surface area contributed by atoms with Crippen LogP contribution in [0.15, 0.2) is 48.5 Å². The first-order valence-corrected chi connectivity index (χ1v) is 7.78. The summed E-state index contributed by atoms with van der Waals surface area (Å²) in [5.74, 6) is 0.755. The molecule has 0 aliphatic rings. The normalized spacial score (nSPS) is 12.1. The molecule has 0 heterocycles. The Morgan fingerprint density at radius 3 is 2.48 bits per heavy atom. The van der Waals surface area contributed by atoms with E-state index in [0.717, 1.165) is 36.3 Å². The Bertz CT molecular complexity index is 550. The Kier molecular flexibility index (Phi) is 6.09.